The Morgan fingerprint density at radius 1 is 1.23 bits per heavy atom. The van der Waals surface area contributed by atoms with Crippen molar-refractivity contribution >= 4 is 6.03 Å². The number of hydrazine groups is 1. The number of carbonyl (C=O) groups excluding carboxylic acids is 1. The molecule has 0 bridgehead atoms. The Bertz CT molecular complexity index is 178. The van der Waals surface area contributed by atoms with Gasteiger partial charge in [0, 0.05) is 20.1 Å². The summed E-state index contributed by atoms with van der Waals surface area (Å²) in [5.74, 6) is 0. The number of urea groups is 1. The number of hydrogen-bond acceptors (Lipinski definition) is 2. The molecule has 0 saturated heterocycles. The van der Waals surface area contributed by atoms with Gasteiger partial charge >= 0.3 is 6.03 Å². The molecule has 0 aromatic heterocycles. The van der Waals surface area contributed by atoms with Crippen LogP contribution in [0.4, 0.5) is 4.79 Å². The Morgan fingerprint density at radius 2 is 1.77 bits per heavy atom. The fraction of sp³-hybridized carbons (Fsp3) is 0.889. The molecule has 2 N–H and O–H groups in total. The average molecular weight is 185 g/mol. The molecule has 4 nitrogen and oxygen atoms in total. The van der Waals surface area contributed by atoms with Gasteiger partial charge in [0.2, 0.25) is 0 Å². The summed E-state index contributed by atoms with van der Waals surface area (Å²) >= 11 is 0. The van der Waals surface area contributed by atoms with Gasteiger partial charge in [0.05, 0.1) is 0 Å². The molecule has 76 valence electrons. The third-order valence-corrected chi connectivity index (χ3v) is 2.90. The highest BCUT2D eigenvalue weighted by atomic mass is 16.2. The van der Waals surface area contributed by atoms with Crippen molar-refractivity contribution in [3.05, 3.63) is 0 Å². The van der Waals surface area contributed by atoms with Crippen LogP contribution in [-0.4, -0.2) is 36.2 Å². The van der Waals surface area contributed by atoms with Gasteiger partial charge in [-0.15, -0.1) is 0 Å². The average Bonchev–Trinajstić information content (AvgIpc) is 2.17. The van der Waals surface area contributed by atoms with Crippen molar-refractivity contribution in [3.8, 4) is 0 Å². The summed E-state index contributed by atoms with van der Waals surface area (Å²) in [6, 6.07) is 0.110. The Morgan fingerprint density at radius 3 is 2.23 bits per heavy atom. The maximum Gasteiger partial charge on any atom is 0.329 e. The molecule has 0 aliphatic heterocycles. The fourth-order valence-electron chi connectivity index (χ4n) is 1.86. The molecule has 1 aliphatic rings. The van der Waals surface area contributed by atoms with E-state index in [1.54, 1.807) is 7.05 Å². The first-order valence-corrected chi connectivity index (χ1v) is 4.89. The quantitative estimate of drug-likeness (QED) is 0.657. The third kappa shape index (κ3) is 2.59. The lowest BCUT2D eigenvalue weighted by atomic mass is 9.95. The molecule has 0 aromatic carbocycles. The highest BCUT2D eigenvalue weighted by molar-refractivity contribution is 5.71. The van der Waals surface area contributed by atoms with Crippen molar-refractivity contribution in [2.24, 2.45) is 5.73 Å². The molecular formula is C9H19N3O. The second-order valence-electron chi connectivity index (χ2n) is 3.73. The smallest absolute Gasteiger partial charge is 0.329 e. The molecule has 13 heavy (non-hydrogen) atoms. The van der Waals surface area contributed by atoms with E-state index < -0.39 is 0 Å². The predicted molar refractivity (Wildman–Crippen MR) is 52.0 cm³/mol. The summed E-state index contributed by atoms with van der Waals surface area (Å²) in [7, 11) is 3.65. The minimum absolute atomic E-state index is 0.381. The lowest BCUT2D eigenvalue weighted by Crippen LogP contribution is -2.49. The lowest BCUT2D eigenvalue weighted by molar-refractivity contribution is 0.0110. The van der Waals surface area contributed by atoms with Crippen LogP contribution in [0.3, 0.4) is 0 Å². The number of carbonyl (C=O) groups is 1. The first-order chi connectivity index (χ1) is 6.13. The summed E-state index contributed by atoms with van der Waals surface area (Å²) in [4.78, 5) is 10.9. The Kier molecular flexibility index (Phi) is 3.54. The van der Waals surface area contributed by atoms with Crippen LogP contribution in [0.1, 0.15) is 32.1 Å². The zero-order valence-electron chi connectivity index (χ0n) is 8.49. The molecular weight excluding hydrogens is 166 g/mol. The zero-order chi connectivity index (χ0) is 9.84. The van der Waals surface area contributed by atoms with Crippen LogP contribution in [0.2, 0.25) is 0 Å². The standard InChI is InChI=1S/C9H19N3O/c1-11(12(2)9(10)13)8-6-4-3-5-7-8/h8H,3-7H2,1-2H3,(H2,10,13). The summed E-state index contributed by atoms with van der Waals surface area (Å²) in [6.45, 7) is 0. The van der Waals surface area contributed by atoms with Crippen molar-refractivity contribution in [2.75, 3.05) is 14.1 Å². The highest BCUT2D eigenvalue weighted by Gasteiger charge is 2.22. The third-order valence-electron chi connectivity index (χ3n) is 2.90. The van der Waals surface area contributed by atoms with Crippen LogP contribution in [0.25, 0.3) is 0 Å². The summed E-state index contributed by atoms with van der Waals surface area (Å²) in [6.07, 6.45) is 6.20. The number of nitrogens with zero attached hydrogens (tertiary/aromatic N) is 2. The molecule has 1 rings (SSSR count). The van der Waals surface area contributed by atoms with Crippen molar-refractivity contribution in [1.29, 1.82) is 0 Å². The van der Waals surface area contributed by atoms with Gasteiger partial charge in [-0.2, -0.15) is 0 Å². The first-order valence-electron chi connectivity index (χ1n) is 4.89. The van der Waals surface area contributed by atoms with Crippen LogP contribution >= 0.6 is 0 Å². The van der Waals surface area contributed by atoms with E-state index in [-0.39, 0.29) is 6.03 Å². The molecule has 0 heterocycles. The molecule has 0 spiro atoms. The van der Waals surface area contributed by atoms with E-state index in [0.717, 1.165) is 0 Å². The van der Waals surface area contributed by atoms with Crippen molar-refractivity contribution < 1.29 is 4.79 Å². The normalized spacial score (nSPS) is 19.0. The minimum atomic E-state index is -0.381. The number of primary amides is 1. The number of hydrogen-bond donors (Lipinski definition) is 1. The van der Waals surface area contributed by atoms with E-state index in [4.69, 9.17) is 5.73 Å². The van der Waals surface area contributed by atoms with E-state index >= 15 is 0 Å². The maximum absolute atomic E-state index is 10.9. The van der Waals surface area contributed by atoms with Gasteiger partial charge in [0.15, 0.2) is 0 Å². The van der Waals surface area contributed by atoms with Gasteiger partial charge in [-0.05, 0) is 12.8 Å². The maximum atomic E-state index is 10.9. The Balaban J connectivity index is 2.44. The second-order valence-corrected chi connectivity index (χ2v) is 3.73. The highest BCUT2D eigenvalue weighted by Crippen LogP contribution is 2.21. The van der Waals surface area contributed by atoms with Crippen molar-refractivity contribution in [1.82, 2.24) is 10.0 Å². The molecule has 0 atom stereocenters. The number of nitrogens with two attached hydrogens (primary N) is 1. The molecule has 0 unspecified atom stereocenters. The van der Waals surface area contributed by atoms with Gasteiger partial charge in [0.1, 0.15) is 0 Å². The lowest BCUT2D eigenvalue weighted by Gasteiger charge is -2.36. The topological polar surface area (TPSA) is 49.6 Å². The van der Waals surface area contributed by atoms with Gasteiger partial charge < -0.3 is 5.73 Å². The van der Waals surface area contributed by atoms with Gasteiger partial charge in [0.25, 0.3) is 0 Å². The van der Waals surface area contributed by atoms with Crippen LogP contribution in [0.15, 0.2) is 0 Å². The van der Waals surface area contributed by atoms with Crippen LogP contribution in [0.5, 0.6) is 0 Å². The summed E-state index contributed by atoms with van der Waals surface area (Å²) in [5, 5.41) is 3.46. The molecule has 1 aliphatic carbocycles. The van der Waals surface area contributed by atoms with E-state index in [1.807, 2.05) is 12.1 Å². The number of rotatable bonds is 2. The van der Waals surface area contributed by atoms with Crippen molar-refractivity contribution in [3.63, 3.8) is 0 Å². The molecule has 4 heteroatoms. The largest absolute Gasteiger partial charge is 0.350 e. The van der Waals surface area contributed by atoms with E-state index in [9.17, 15) is 4.79 Å². The molecule has 0 aromatic rings. The Labute approximate surface area is 79.6 Å². The monoisotopic (exact) mass is 185 g/mol. The van der Waals surface area contributed by atoms with E-state index in [0.29, 0.717) is 6.04 Å². The van der Waals surface area contributed by atoms with Gasteiger partial charge in [-0.1, -0.05) is 19.3 Å². The molecule has 0 radical (unpaired) electrons. The minimum Gasteiger partial charge on any atom is -0.350 e. The zero-order valence-corrected chi connectivity index (χ0v) is 8.49. The van der Waals surface area contributed by atoms with Gasteiger partial charge in [-0.25, -0.2) is 9.80 Å². The molecule has 2 amide bonds. The van der Waals surface area contributed by atoms with Crippen LogP contribution < -0.4 is 5.73 Å². The summed E-state index contributed by atoms with van der Waals surface area (Å²) in [5.41, 5.74) is 5.19. The number of amides is 2. The predicted octanol–water partition coefficient (Wildman–Crippen LogP) is 1.18. The van der Waals surface area contributed by atoms with E-state index in [2.05, 4.69) is 0 Å². The van der Waals surface area contributed by atoms with Gasteiger partial charge in [-0.3, -0.25) is 5.01 Å². The van der Waals surface area contributed by atoms with Crippen LogP contribution in [-0.2, 0) is 0 Å². The molecule has 1 fully saturated rings. The fourth-order valence-corrected chi connectivity index (χ4v) is 1.86. The molecule has 1 saturated carbocycles. The first kappa shape index (κ1) is 10.3. The Hall–Kier alpha value is -0.770. The van der Waals surface area contributed by atoms with E-state index in [1.165, 1.54) is 37.1 Å². The van der Waals surface area contributed by atoms with Crippen LogP contribution in [0, 0.1) is 0 Å². The summed E-state index contributed by atoms with van der Waals surface area (Å²) < 4.78 is 0. The second kappa shape index (κ2) is 4.46. The van der Waals surface area contributed by atoms with Crippen molar-refractivity contribution in [2.45, 2.75) is 38.1 Å². The SMILES string of the molecule is CN(C(N)=O)N(C)C1CCCCC1.